The van der Waals surface area contributed by atoms with Crippen LogP contribution in [-0.4, -0.2) is 109 Å². The molecule has 0 aliphatic carbocycles. The lowest BCUT2D eigenvalue weighted by Gasteiger charge is -2.56. The molecule has 208 valence electrons. The summed E-state index contributed by atoms with van der Waals surface area (Å²) in [4.78, 5) is 40.7. The Bertz CT molecular complexity index is 1440. The Balaban J connectivity index is 1.42. The minimum Gasteiger partial charge on any atom is -0.391 e. The molecular weight excluding hydrogens is 536 g/mol. The van der Waals surface area contributed by atoms with Gasteiger partial charge in [-0.2, -0.15) is 0 Å². The number of nitrogens with zero attached hydrogens (tertiary/aromatic N) is 2. The number of anilines is 1. The lowest BCUT2D eigenvalue weighted by molar-refractivity contribution is -0.185. The van der Waals surface area contributed by atoms with Crippen LogP contribution in [0.15, 0.2) is 36.4 Å². The van der Waals surface area contributed by atoms with Crippen molar-refractivity contribution in [2.24, 2.45) is 0 Å². The van der Waals surface area contributed by atoms with Gasteiger partial charge < -0.3 is 30.5 Å². The number of rotatable bonds is 6. The topological polar surface area (TPSA) is 172 Å². The van der Waals surface area contributed by atoms with Crippen LogP contribution in [0.3, 0.4) is 0 Å². The number of hydrogen-bond acceptors (Lipinski definition) is 10. The predicted octanol–water partition coefficient (Wildman–Crippen LogP) is -2.52. The van der Waals surface area contributed by atoms with Crippen molar-refractivity contribution in [3.63, 3.8) is 0 Å². The van der Waals surface area contributed by atoms with Crippen LogP contribution in [0.25, 0.3) is 0 Å². The van der Waals surface area contributed by atoms with Crippen LogP contribution >= 0.6 is 0 Å². The van der Waals surface area contributed by atoms with Gasteiger partial charge in [0.1, 0.15) is 13.7 Å². The van der Waals surface area contributed by atoms with Gasteiger partial charge in [0, 0.05) is 36.4 Å². The molecule has 16 heteroatoms. The van der Waals surface area contributed by atoms with Gasteiger partial charge in [-0.05, 0) is 35.0 Å². The maximum atomic E-state index is 15.1. The number of aliphatic hydroxyl groups is 4. The Morgan fingerprint density at radius 2 is 1.73 bits per heavy atom. The van der Waals surface area contributed by atoms with Gasteiger partial charge in [0.25, 0.3) is 17.7 Å². The van der Waals surface area contributed by atoms with E-state index < -0.39 is 58.0 Å². The number of halogens is 1. The molecule has 2 aromatic rings. The zero-order chi connectivity index (χ0) is 30.0. The third kappa shape index (κ3) is 4.55. The lowest BCUT2D eigenvalue weighted by atomic mass is 9.35. The Kier molecular flexibility index (Phi) is 7.08. The van der Waals surface area contributed by atoms with E-state index in [1.165, 1.54) is 30.3 Å². The number of morpholine rings is 1. The van der Waals surface area contributed by atoms with E-state index in [4.69, 9.17) is 28.3 Å². The normalized spacial score (nSPS) is 26.6. The SMILES string of the molecule is [B]C1(O)C(=O)NC(=O)C(O)(N2Cc3c(NC(O)(O)c4ccc(CN5CCOCC5)cc4F)cccc3C2=O)C1([B])[B]. The van der Waals surface area contributed by atoms with Crippen LogP contribution < -0.4 is 10.6 Å². The molecule has 3 aliphatic rings. The first-order valence-electron chi connectivity index (χ1n) is 12.5. The van der Waals surface area contributed by atoms with E-state index in [0.29, 0.717) is 43.3 Å². The van der Waals surface area contributed by atoms with Crippen molar-refractivity contribution in [3.05, 3.63) is 64.5 Å². The van der Waals surface area contributed by atoms with Crippen molar-refractivity contribution in [2.75, 3.05) is 31.6 Å². The predicted molar refractivity (Wildman–Crippen MR) is 142 cm³/mol. The van der Waals surface area contributed by atoms with Crippen LogP contribution in [0.2, 0.25) is 5.21 Å². The van der Waals surface area contributed by atoms with E-state index in [-0.39, 0.29) is 16.8 Å². The highest BCUT2D eigenvalue weighted by Gasteiger charge is 2.68. The largest absolute Gasteiger partial charge is 0.391 e. The van der Waals surface area contributed by atoms with E-state index in [2.05, 4.69) is 10.2 Å². The van der Waals surface area contributed by atoms with Crippen molar-refractivity contribution in [2.45, 2.75) is 35.4 Å². The summed E-state index contributed by atoms with van der Waals surface area (Å²) in [6.45, 7) is 2.30. The second kappa shape index (κ2) is 9.93. The van der Waals surface area contributed by atoms with Gasteiger partial charge in [-0.1, -0.05) is 12.1 Å². The van der Waals surface area contributed by atoms with Crippen molar-refractivity contribution in [1.82, 2.24) is 15.1 Å². The first-order chi connectivity index (χ1) is 19.1. The van der Waals surface area contributed by atoms with Gasteiger partial charge in [-0.3, -0.25) is 29.5 Å². The first kappa shape index (κ1) is 29.2. The Labute approximate surface area is 237 Å². The quantitative estimate of drug-likeness (QED) is 0.126. The molecule has 2 atom stereocenters. The molecule has 5 rings (SSSR count). The van der Waals surface area contributed by atoms with Gasteiger partial charge in [0.05, 0.1) is 46.5 Å². The molecule has 2 fully saturated rings. The molecule has 6 radical (unpaired) electrons. The fraction of sp³-hybridized carbons (Fsp3) is 0.400. The zero-order valence-electron chi connectivity index (χ0n) is 21.6. The van der Waals surface area contributed by atoms with Crippen LogP contribution in [0.1, 0.15) is 27.0 Å². The molecule has 3 heterocycles. The fourth-order valence-corrected chi connectivity index (χ4v) is 5.20. The Morgan fingerprint density at radius 3 is 2.39 bits per heavy atom. The van der Waals surface area contributed by atoms with Crippen LogP contribution in [0, 0.1) is 5.82 Å². The highest BCUT2D eigenvalue weighted by Crippen LogP contribution is 2.49. The number of carbonyl (C=O) groups is 3. The van der Waals surface area contributed by atoms with Gasteiger partial charge in [0.2, 0.25) is 11.6 Å². The third-order valence-corrected chi connectivity index (χ3v) is 7.68. The molecule has 0 aromatic heterocycles. The lowest BCUT2D eigenvalue weighted by Crippen LogP contribution is -2.79. The number of amides is 3. The highest BCUT2D eigenvalue weighted by molar-refractivity contribution is 6.52. The Morgan fingerprint density at radius 1 is 1.05 bits per heavy atom. The maximum Gasteiger partial charge on any atom is 0.279 e. The van der Waals surface area contributed by atoms with Crippen LogP contribution in [0.4, 0.5) is 10.1 Å². The van der Waals surface area contributed by atoms with E-state index in [1.54, 1.807) is 11.4 Å². The number of benzene rings is 2. The molecule has 0 saturated carbocycles. The number of imide groups is 1. The molecule has 2 saturated heterocycles. The van der Waals surface area contributed by atoms with Gasteiger partial charge >= 0.3 is 0 Å². The minimum atomic E-state index is -3.23. The van der Waals surface area contributed by atoms with E-state index in [0.717, 1.165) is 0 Å². The third-order valence-electron chi connectivity index (χ3n) is 7.68. The average molecular weight is 560 g/mol. The van der Waals surface area contributed by atoms with E-state index in [9.17, 15) is 34.8 Å². The minimum absolute atomic E-state index is 0.0313. The summed E-state index contributed by atoms with van der Waals surface area (Å²) >= 11 is 0. The highest BCUT2D eigenvalue weighted by atomic mass is 19.1. The summed E-state index contributed by atoms with van der Waals surface area (Å²) in [5.41, 5.74) is -6.49. The summed E-state index contributed by atoms with van der Waals surface area (Å²) in [5, 5.41) is 44.4. The molecule has 0 spiro atoms. The summed E-state index contributed by atoms with van der Waals surface area (Å²) in [6, 6.07) is 7.94. The van der Waals surface area contributed by atoms with Crippen molar-refractivity contribution in [3.8, 4) is 0 Å². The molecular formula is C25H24B3FN4O8. The van der Waals surface area contributed by atoms with Gasteiger partial charge in [-0.15, -0.1) is 0 Å². The number of hydrogen-bond donors (Lipinski definition) is 6. The fourth-order valence-electron chi connectivity index (χ4n) is 5.20. The molecule has 2 unspecified atom stereocenters. The van der Waals surface area contributed by atoms with Crippen LogP contribution in [0.5, 0.6) is 0 Å². The Hall–Kier alpha value is -3.27. The maximum absolute atomic E-state index is 15.1. The summed E-state index contributed by atoms with van der Waals surface area (Å²) in [7, 11) is 17.2. The average Bonchev–Trinajstić information content (AvgIpc) is 3.25. The van der Waals surface area contributed by atoms with Crippen molar-refractivity contribution < 1.29 is 43.9 Å². The van der Waals surface area contributed by atoms with Crippen LogP contribution in [-0.2, 0) is 33.3 Å². The number of piperidine rings is 1. The second-order valence-corrected chi connectivity index (χ2v) is 10.3. The number of ether oxygens (including phenoxy) is 1. The van der Waals surface area contributed by atoms with E-state index >= 15 is 4.39 Å². The van der Waals surface area contributed by atoms with E-state index in [1.807, 2.05) is 0 Å². The standard InChI is InChI=1S/C25H24B3FN4O8/c26-22(37)20(35)30-21(36)23(38,25(22,27)28)33-12-15-14(19(33)34)2-1-3-18(15)31-24(39,40)16-5-4-13(10-17(16)29)11-32-6-8-41-9-7-32/h1-5,10,31,37-40H,6-9,11-12H2,(H,30,35,36). The molecule has 2 aromatic carbocycles. The monoisotopic (exact) mass is 560 g/mol. The molecule has 6 N–H and O–H groups in total. The molecule has 3 aliphatic heterocycles. The number of carbonyl (C=O) groups excluding carboxylic acids is 3. The van der Waals surface area contributed by atoms with Crippen molar-refractivity contribution in [1.29, 1.82) is 0 Å². The van der Waals surface area contributed by atoms with Gasteiger partial charge in [0.15, 0.2) is 0 Å². The molecule has 41 heavy (non-hydrogen) atoms. The van der Waals surface area contributed by atoms with Crippen molar-refractivity contribution >= 4 is 46.9 Å². The smallest absolute Gasteiger partial charge is 0.279 e. The number of nitrogens with one attached hydrogen (secondary N) is 2. The second-order valence-electron chi connectivity index (χ2n) is 10.3. The molecule has 3 amide bonds. The van der Waals surface area contributed by atoms with Gasteiger partial charge in [-0.25, -0.2) is 4.39 Å². The zero-order valence-corrected chi connectivity index (χ0v) is 21.6. The summed E-state index contributed by atoms with van der Waals surface area (Å²) < 4.78 is 20.4. The summed E-state index contributed by atoms with van der Waals surface area (Å²) in [6.07, 6.45) is 0. The molecule has 0 bridgehead atoms. The molecule has 12 nitrogen and oxygen atoms in total. The first-order valence-corrected chi connectivity index (χ1v) is 12.5. The summed E-state index contributed by atoms with van der Waals surface area (Å²) in [5.74, 6) is -7.90. The number of fused-ring (bicyclic) bond motifs is 1.